The highest BCUT2D eigenvalue weighted by molar-refractivity contribution is 5.72. The molecule has 0 amide bonds. The molecule has 4 nitrogen and oxygen atoms in total. The number of nitrogens with one attached hydrogen (secondary N) is 1. The highest BCUT2D eigenvalue weighted by Crippen LogP contribution is 2.23. The maximum Gasteiger partial charge on any atom is 0.320 e. The molecule has 4 heteroatoms. The molecule has 0 aromatic rings. The smallest absolute Gasteiger partial charge is 0.320 e. The Bertz CT molecular complexity index is 240. The van der Waals surface area contributed by atoms with E-state index in [0.717, 1.165) is 25.7 Å². The van der Waals surface area contributed by atoms with Crippen molar-refractivity contribution < 1.29 is 14.6 Å². The summed E-state index contributed by atoms with van der Waals surface area (Å²) in [5.41, 5.74) is -0.409. The third kappa shape index (κ3) is 6.03. The van der Waals surface area contributed by atoms with Crippen LogP contribution in [0, 0.1) is 5.92 Å². The minimum atomic E-state index is -0.409. The zero-order valence-corrected chi connectivity index (χ0v) is 11.2. The molecule has 1 rings (SSSR count). The van der Waals surface area contributed by atoms with Crippen LogP contribution < -0.4 is 5.32 Å². The number of ether oxygens (including phenoxy) is 1. The molecule has 1 fully saturated rings. The van der Waals surface area contributed by atoms with Gasteiger partial charge in [0.15, 0.2) is 0 Å². The highest BCUT2D eigenvalue weighted by atomic mass is 16.6. The topological polar surface area (TPSA) is 58.6 Å². The van der Waals surface area contributed by atoms with Crippen molar-refractivity contribution in [2.24, 2.45) is 5.92 Å². The number of esters is 1. The normalized spacial score (nSPS) is 25.6. The van der Waals surface area contributed by atoms with Crippen LogP contribution in [0.25, 0.3) is 0 Å². The molecule has 0 atom stereocenters. The van der Waals surface area contributed by atoms with Crippen LogP contribution in [0.4, 0.5) is 0 Å². The van der Waals surface area contributed by atoms with E-state index >= 15 is 0 Å². The first-order valence-electron chi connectivity index (χ1n) is 6.47. The van der Waals surface area contributed by atoms with Crippen LogP contribution in [-0.4, -0.2) is 35.9 Å². The van der Waals surface area contributed by atoms with E-state index in [4.69, 9.17) is 9.84 Å². The monoisotopic (exact) mass is 243 g/mol. The fourth-order valence-electron chi connectivity index (χ4n) is 2.15. The Hall–Kier alpha value is -0.610. The van der Waals surface area contributed by atoms with Gasteiger partial charge in [-0.2, -0.15) is 0 Å². The fourth-order valence-corrected chi connectivity index (χ4v) is 2.15. The van der Waals surface area contributed by atoms with Crippen LogP contribution >= 0.6 is 0 Å². The first-order valence-corrected chi connectivity index (χ1v) is 6.47. The SMILES string of the molecule is CC(C)(C)OC(=O)CN[C@H]1CC[C@H](CO)CC1. The van der Waals surface area contributed by atoms with Crippen molar-refractivity contribution in [1.82, 2.24) is 5.32 Å². The van der Waals surface area contributed by atoms with E-state index < -0.39 is 5.60 Å². The minimum Gasteiger partial charge on any atom is -0.459 e. The van der Waals surface area contributed by atoms with E-state index in [0.29, 0.717) is 18.6 Å². The molecule has 0 aromatic heterocycles. The van der Waals surface area contributed by atoms with Gasteiger partial charge in [-0.25, -0.2) is 0 Å². The molecule has 1 aliphatic carbocycles. The summed E-state index contributed by atoms with van der Waals surface area (Å²) >= 11 is 0. The third-order valence-corrected chi connectivity index (χ3v) is 3.06. The van der Waals surface area contributed by atoms with Crippen molar-refractivity contribution >= 4 is 5.97 Å². The summed E-state index contributed by atoms with van der Waals surface area (Å²) in [6.07, 6.45) is 4.16. The number of aliphatic hydroxyl groups is 1. The molecule has 2 N–H and O–H groups in total. The second kappa shape index (κ2) is 6.36. The second-order valence-electron chi connectivity index (χ2n) is 5.87. The van der Waals surface area contributed by atoms with Gasteiger partial charge in [0, 0.05) is 12.6 Å². The van der Waals surface area contributed by atoms with E-state index in [1.807, 2.05) is 20.8 Å². The molecular weight excluding hydrogens is 218 g/mol. The molecule has 0 aliphatic heterocycles. The Morgan fingerprint density at radius 2 is 1.88 bits per heavy atom. The van der Waals surface area contributed by atoms with E-state index in [2.05, 4.69) is 5.32 Å². The van der Waals surface area contributed by atoms with Crippen LogP contribution in [0.1, 0.15) is 46.5 Å². The Balaban J connectivity index is 2.17. The molecule has 0 bridgehead atoms. The van der Waals surface area contributed by atoms with Gasteiger partial charge in [-0.05, 0) is 52.4 Å². The number of aliphatic hydroxyl groups excluding tert-OH is 1. The number of rotatable bonds is 4. The van der Waals surface area contributed by atoms with Gasteiger partial charge in [0.25, 0.3) is 0 Å². The van der Waals surface area contributed by atoms with Crippen molar-refractivity contribution in [1.29, 1.82) is 0 Å². The average molecular weight is 243 g/mol. The molecule has 1 aliphatic rings. The summed E-state index contributed by atoms with van der Waals surface area (Å²) in [5, 5.41) is 12.3. The lowest BCUT2D eigenvalue weighted by molar-refractivity contribution is -0.153. The maximum absolute atomic E-state index is 11.5. The van der Waals surface area contributed by atoms with Crippen molar-refractivity contribution in [3.8, 4) is 0 Å². The first kappa shape index (κ1) is 14.5. The predicted molar refractivity (Wildman–Crippen MR) is 66.7 cm³/mol. The number of carbonyl (C=O) groups excluding carboxylic acids is 1. The van der Waals surface area contributed by atoms with Crippen LogP contribution in [0.5, 0.6) is 0 Å². The zero-order chi connectivity index (χ0) is 12.9. The Labute approximate surface area is 104 Å². The van der Waals surface area contributed by atoms with Crippen LogP contribution in [-0.2, 0) is 9.53 Å². The predicted octanol–water partition coefficient (Wildman–Crippen LogP) is 1.47. The van der Waals surface area contributed by atoms with Crippen LogP contribution in [0.2, 0.25) is 0 Å². The van der Waals surface area contributed by atoms with E-state index in [1.54, 1.807) is 0 Å². The summed E-state index contributed by atoms with van der Waals surface area (Å²) in [6.45, 7) is 6.19. The van der Waals surface area contributed by atoms with Gasteiger partial charge in [-0.15, -0.1) is 0 Å². The molecule has 0 spiro atoms. The van der Waals surface area contributed by atoms with Gasteiger partial charge >= 0.3 is 5.97 Å². The molecule has 0 heterocycles. The van der Waals surface area contributed by atoms with Crippen molar-refractivity contribution in [2.75, 3.05) is 13.2 Å². The Kier molecular flexibility index (Phi) is 5.40. The van der Waals surface area contributed by atoms with Crippen LogP contribution in [0.3, 0.4) is 0 Å². The van der Waals surface area contributed by atoms with Gasteiger partial charge in [-0.1, -0.05) is 0 Å². The quantitative estimate of drug-likeness (QED) is 0.734. The van der Waals surface area contributed by atoms with Gasteiger partial charge in [0.2, 0.25) is 0 Å². The maximum atomic E-state index is 11.5. The summed E-state index contributed by atoms with van der Waals surface area (Å²) in [6, 6.07) is 0.394. The minimum absolute atomic E-state index is 0.193. The summed E-state index contributed by atoms with van der Waals surface area (Å²) in [7, 11) is 0. The second-order valence-corrected chi connectivity index (χ2v) is 5.87. The number of carbonyl (C=O) groups is 1. The van der Waals surface area contributed by atoms with Crippen LogP contribution in [0.15, 0.2) is 0 Å². The Morgan fingerprint density at radius 1 is 1.29 bits per heavy atom. The molecule has 0 unspecified atom stereocenters. The summed E-state index contributed by atoms with van der Waals surface area (Å²) < 4.78 is 5.23. The molecule has 0 saturated heterocycles. The third-order valence-electron chi connectivity index (χ3n) is 3.06. The molecule has 100 valence electrons. The van der Waals surface area contributed by atoms with E-state index in [1.165, 1.54) is 0 Å². The van der Waals surface area contributed by atoms with E-state index in [-0.39, 0.29) is 12.5 Å². The van der Waals surface area contributed by atoms with E-state index in [9.17, 15) is 4.79 Å². The van der Waals surface area contributed by atoms with Gasteiger partial charge in [-0.3, -0.25) is 4.79 Å². The lowest BCUT2D eigenvalue weighted by Crippen LogP contribution is -2.39. The molecule has 1 saturated carbocycles. The van der Waals surface area contributed by atoms with Gasteiger partial charge < -0.3 is 15.2 Å². The largest absolute Gasteiger partial charge is 0.459 e. The lowest BCUT2D eigenvalue weighted by Gasteiger charge is -2.28. The molecule has 17 heavy (non-hydrogen) atoms. The zero-order valence-electron chi connectivity index (χ0n) is 11.2. The van der Waals surface area contributed by atoms with Crippen molar-refractivity contribution in [3.63, 3.8) is 0 Å². The fraction of sp³-hybridized carbons (Fsp3) is 0.923. The van der Waals surface area contributed by atoms with Crippen molar-refractivity contribution in [3.05, 3.63) is 0 Å². The van der Waals surface area contributed by atoms with Crippen molar-refractivity contribution in [2.45, 2.75) is 58.1 Å². The first-order chi connectivity index (χ1) is 7.90. The molecule has 0 radical (unpaired) electrons. The summed E-state index contributed by atoms with van der Waals surface area (Å²) in [4.78, 5) is 11.5. The Morgan fingerprint density at radius 3 is 2.35 bits per heavy atom. The van der Waals surface area contributed by atoms with Gasteiger partial charge in [0.05, 0.1) is 6.54 Å². The average Bonchev–Trinajstić information content (AvgIpc) is 2.25. The number of hydrogen-bond acceptors (Lipinski definition) is 4. The van der Waals surface area contributed by atoms with Gasteiger partial charge in [0.1, 0.15) is 5.60 Å². The molecular formula is C13H25NO3. The lowest BCUT2D eigenvalue weighted by atomic mass is 9.86. The highest BCUT2D eigenvalue weighted by Gasteiger charge is 2.22. The molecule has 0 aromatic carbocycles. The number of hydrogen-bond donors (Lipinski definition) is 2. The summed E-state index contributed by atoms with van der Waals surface area (Å²) in [5.74, 6) is 0.261. The standard InChI is InChI=1S/C13H25NO3/c1-13(2,3)17-12(16)8-14-11-6-4-10(9-15)5-7-11/h10-11,14-15H,4-9H2,1-3H3/t10-,11-.